The van der Waals surface area contributed by atoms with Gasteiger partial charge in [0.2, 0.25) is 0 Å². The predicted molar refractivity (Wildman–Crippen MR) is 94.3 cm³/mol. The van der Waals surface area contributed by atoms with E-state index in [0.29, 0.717) is 13.1 Å². The first-order valence-electron chi connectivity index (χ1n) is 8.64. The molecule has 1 aromatic carbocycles. The summed E-state index contributed by atoms with van der Waals surface area (Å²) in [7, 11) is 0. The molecule has 6 heteroatoms. The van der Waals surface area contributed by atoms with Crippen LogP contribution in [0.4, 0.5) is 0 Å². The molecule has 6 nitrogen and oxygen atoms in total. The highest BCUT2D eigenvalue weighted by atomic mass is 16.3. The minimum atomic E-state index is -0.244. The molecule has 2 atom stereocenters. The molecule has 2 heterocycles. The Morgan fingerprint density at radius 1 is 1.24 bits per heavy atom. The van der Waals surface area contributed by atoms with Crippen molar-refractivity contribution in [3.8, 4) is 0 Å². The monoisotopic (exact) mass is 341 g/mol. The van der Waals surface area contributed by atoms with E-state index in [0.717, 1.165) is 18.4 Å². The molecule has 0 bridgehead atoms. The number of nitrogens with zero attached hydrogens (tertiary/aromatic N) is 3. The van der Waals surface area contributed by atoms with E-state index in [1.54, 1.807) is 4.90 Å². The summed E-state index contributed by atoms with van der Waals surface area (Å²) in [5.41, 5.74) is 0.940. The van der Waals surface area contributed by atoms with Gasteiger partial charge in [0.1, 0.15) is 5.69 Å². The quantitative estimate of drug-likeness (QED) is 0.915. The average Bonchev–Trinajstić information content (AvgIpc) is 2.63. The lowest BCUT2D eigenvalue weighted by atomic mass is 9.91. The Labute approximate surface area is 146 Å². The Bertz CT molecular complexity index is 788. The molecule has 1 aliphatic rings. The number of aromatic nitrogens is 2. The number of hydrogen-bond acceptors (Lipinski definition) is 4. The van der Waals surface area contributed by atoms with Crippen molar-refractivity contribution in [1.82, 2.24) is 14.7 Å². The molecule has 0 radical (unpaired) electrons. The first-order chi connectivity index (χ1) is 12.1. The van der Waals surface area contributed by atoms with E-state index in [1.165, 1.54) is 16.8 Å². The molecule has 0 spiro atoms. The lowest BCUT2D eigenvalue weighted by molar-refractivity contribution is 0.0351. The van der Waals surface area contributed by atoms with Crippen molar-refractivity contribution in [1.29, 1.82) is 0 Å². The Kier molecular flexibility index (Phi) is 5.28. The summed E-state index contributed by atoms with van der Waals surface area (Å²) in [5.74, 6) is 0.0188. The van der Waals surface area contributed by atoms with Crippen LogP contribution in [0.2, 0.25) is 0 Å². The first-order valence-corrected chi connectivity index (χ1v) is 8.64. The van der Waals surface area contributed by atoms with Gasteiger partial charge in [-0.15, -0.1) is 0 Å². The zero-order valence-corrected chi connectivity index (χ0v) is 14.3. The van der Waals surface area contributed by atoms with E-state index in [2.05, 4.69) is 5.10 Å². The molecule has 1 amide bonds. The Balaban J connectivity index is 1.86. The van der Waals surface area contributed by atoms with E-state index < -0.39 is 0 Å². The van der Waals surface area contributed by atoms with E-state index in [1.807, 2.05) is 37.3 Å². The molecule has 0 saturated carbocycles. The maximum absolute atomic E-state index is 12.9. The number of aliphatic hydroxyl groups is 1. The fraction of sp³-hybridized carbons (Fsp3) is 0.421. The maximum atomic E-state index is 12.9. The second-order valence-electron chi connectivity index (χ2n) is 6.57. The minimum Gasteiger partial charge on any atom is -0.394 e. The Morgan fingerprint density at radius 3 is 2.72 bits per heavy atom. The number of rotatable bonds is 4. The van der Waals surface area contributed by atoms with Gasteiger partial charge in [0.15, 0.2) is 0 Å². The van der Waals surface area contributed by atoms with Crippen molar-refractivity contribution in [3.63, 3.8) is 0 Å². The summed E-state index contributed by atoms with van der Waals surface area (Å²) >= 11 is 0. The molecular weight excluding hydrogens is 318 g/mol. The van der Waals surface area contributed by atoms with Gasteiger partial charge in [0, 0.05) is 12.6 Å². The van der Waals surface area contributed by atoms with Crippen LogP contribution in [0.1, 0.15) is 35.8 Å². The number of carbonyl (C=O) groups is 1. The van der Waals surface area contributed by atoms with Crippen LogP contribution in [0.3, 0.4) is 0 Å². The number of benzene rings is 1. The molecule has 2 aromatic rings. The number of piperidine rings is 1. The molecule has 1 aliphatic heterocycles. The second-order valence-corrected chi connectivity index (χ2v) is 6.57. The summed E-state index contributed by atoms with van der Waals surface area (Å²) in [6, 6.07) is 12.2. The molecule has 1 fully saturated rings. The topological polar surface area (TPSA) is 75.4 Å². The molecule has 2 unspecified atom stereocenters. The van der Waals surface area contributed by atoms with Crippen molar-refractivity contribution in [2.24, 2.45) is 5.92 Å². The fourth-order valence-corrected chi connectivity index (χ4v) is 3.36. The van der Waals surface area contributed by atoms with Gasteiger partial charge >= 0.3 is 0 Å². The van der Waals surface area contributed by atoms with Crippen LogP contribution < -0.4 is 5.56 Å². The summed E-state index contributed by atoms with van der Waals surface area (Å²) in [4.78, 5) is 26.6. The van der Waals surface area contributed by atoms with E-state index in [-0.39, 0.29) is 35.7 Å². The molecular formula is C19H23N3O3. The first kappa shape index (κ1) is 17.4. The van der Waals surface area contributed by atoms with Gasteiger partial charge in [0.25, 0.3) is 11.5 Å². The van der Waals surface area contributed by atoms with Gasteiger partial charge < -0.3 is 10.0 Å². The SMILES string of the molecule is CC1CCCN(C(=O)c2ccc(=O)n(Cc3ccccc3)n2)C1CO. The van der Waals surface area contributed by atoms with Crippen molar-refractivity contribution >= 4 is 5.91 Å². The predicted octanol–water partition coefficient (Wildman–Crippen LogP) is 1.52. The highest BCUT2D eigenvalue weighted by molar-refractivity contribution is 5.92. The second kappa shape index (κ2) is 7.61. The summed E-state index contributed by atoms with van der Waals surface area (Å²) in [6.45, 7) is 2.91. The van der Waals surface area contributed by atoms with Crippen LogP contribution in [-0.2, 0) is 6.54 Å². The summed E-state index contributed by atoms with van der Waals surface area (Å²) in [6.07, 6.45) is 1.91. The third kappa shape index (κ3) is 3.79. The largest absolute Gasteiger partial charge is 0.394 e. The highest BCUT2D eigenvalue weighted by Crippen LogP contribution is 2.24. The smallest absolute Gasteiger partial charge is 0.274 e. The fourth-order valence-electron chi connectivity index (χ4n) is 3.36. The summed E-state index contributed by atoms with van der Waals surface area (Å²) in [5, 5.41) is 13.9. The molecule has 1 aromatic heterocycles. The van der Waals surface area contributed by atoms with Crippen LogP contribution in [-0.4, -0.2) is 44.9 Å². The molecule has 0 aliphatic carbocycles. The Hall–Kier alpha value is -2.47. The normalized spacial score (nSPS) is 20.5. The van der Waals surface area contributed by atoms with Gasteiger partial charge in [0.05, 0.1) is 19.2 Å². The molecule has 132 valence electrons. The minimum absolute atomic E-state index is 0.0590. The molecule has 3 rings (SSSR count). The average molecular weight is 341 g/mol. The van der Waals surface area contributed by atoms with Crippen LogP contribution in [0, 0.1) is 5.92 Å². The van der Waals surface area contributed by atoms with Crippen molar-refractivity contribution < 1.29 is 9.90 Å². The number of carbonyl (C=O) groups excluding carboxylic acids is 1. The van der Waals surface area contributed by atoms with Gasteiger partial charge in [-0.2, -0.15) is 5.10 Å². The van der Waals surface area contributed by atoms with Gasteiger partial charge in [-0.3, -0.25) is 9.59 Å². The number of aliphatic hydroxyl groups excluding tert-OH is 1. The van der Waals surface area contributed by atoms with Crippen molar-refractivity contribution in [3.05, 3.63) is 64.1 Å². The van der Waals surface area contributed by atoms with Gasteiger partial charge in [-0.25, -0.2) is 4.68 Å². The Morgan fingerprint density at radius 2 is 2.00 bits per heavy atom. The van der Waals surface area contributed by atoms with Crippen LogP contribution in [0.15, 0.2) is 47.3 Å². The van der Waals surface area contributed by atoms with E-state index in [4.69, 9.17) is 0 Å². The van der Waals surface area contributed by atoms with Crippen LogP contribution >= 0.6 is 0 Å². The van der Waals surface area contributed by atoms with Crippen LogP contribution in [0.25, 0.3) is 0 Å². The zero-order valence-electron chi connectivity index (χ0n) is 14.3. The molecule has 1 saturated heterocycles. The van der Waals surface area contributed by atoms with E-state index >= 15 is 0 Å². The zero-order chi connectivity index (χ0) is 17.8. The third-order valence-corrected chi connectivity index (χ3v) is 4.82. The number of amides is 1. The summed E-state index contributed by atoms with van der Waals surface area (Å²) < 4.78 is 1.31. The van der Waals surface area contributed by atoms with Crippen molar-refractivity contribution in [2.45, 2.75) is 32.4 Å². The molecule has 25 heavy (non-hydrogen) atoms. The van der Waals surface area contributed by atoms with Gasteiger partial charge in [-0.05, 0) is 30.4 Å². The highest BCUT2D eigenvalue weighted by Gasteiger charge is 2.32. The maximum Gasteiger partial charge on any atom is 0.274 e. The van der Waals surface area contributed by atoms with Gasteiger partial charge in [-0.1, -0.05) is 37.3 Å². The lowest BCUT2D eigenvalue weighted by Crippen LogP contribution is -2.50. The number of likely N-dealkylation sites (tertiary alicyclic amines) is 1. The standard InChI is InChI=1S/C19H23N3O3/c1-14-6-5-11-21(17(14)13-23)19(25)16-9-10-18(24)22(20-16)12-15-7-3-2-4-8-15/h2-4,7-10,14,17,23H,5-6,11-13H2,1H3. The lowest BCUT2D eigenvalue weighted by Gasteiger charge is -2.38. The van der Waals surface area contributed by atoms with Crippen molar-refractivity contribution in [2.75, 3.05) is 13.2 Å². The van der Waals surface area contributed by atoms with E-state index in [9.17, 15) is 14.7 Å². The third-order valence-electron chi connectivity index (χ3n) is 4.82. The number of hydrogen-bond donors (Lipinski definition) is 1. The van der Waals surface area contributed by atoms with Crippen LogP contribution in [0.5, 0.6) is 0 Å². The molecule has 1 N–H and O–H groups in total.